The van der Waals surface area contributed by atoms with Crippen LogP contribution in [0.5, 0.6) is 11.5 Å². The molecule has 1 aliphatic rings. The van der Waals surface area contributed by atoms with Gasteiger partial charge < -0.3 is 9.47 Å². The van der Waals surface area contributed by atoms with Crippen LogP contribution in [-0.2, 0) is 9.59 Å². The number of hydrogen-bond acceptors (Lipinski definition) is 5. The van der Waals surface area contributed by atoms with Gasteiger partial charge in [-0.3, -0.25) is 19.8 Å². The summed E-state index contributed by atoms with van der Waals surface area (Å²) in [4.78, 5) is 26.8. The standard InChI is InChI=1S/C20H15Cl3N2O4S/c1-3-29-16-8-10(13(22)9-15(16)28-2)7-11-18(26)24-20(30)25(19(11)27)14-6-4-5-12(21)17(14)23/h4-9H,3H2,1-2H3,(H,24,26,30)/b11-7+. The SMILES string of the molecule is CCOc1cc(/C=C2\C(=O)NC(=S)N(c3cccc(Cl)c3Cl)C2=O)c(Cl)cc1OC. The maximum absolute atomic E-state index is 13.2. The predicted molar refractivity (Wildman–Crippen MR) is 122 cm³/mol. The Morgan fingerprint density at radius 3 is 2.53 bits per heavy atom. The van der Waals surface area contributed by atoms with Crippen molar-refractivity contribution in [2.45, 2.75) is 6.92 Å². The lowest BCUT2D eigenvalue weighted by molar-refractivity contribution is -0.122. The van der Waals surface area contributed by atoms with Crippen molar-refractivity contribution in [1.29, 1.82) is 0 Å². The fourth-order valence-electron chi connectivity index (χ4n) is 2.79. The molecular formula is C20H15Cl3N2O4S. The molecule has 1 aliphatic heterocycles. The van der Waals surface area contributed by atoms with E-state index in [2.05, 4.69) is 5.32 Å². The van der Waals surface area contributed by atoms with Gasteiger partial charge in [0.05, 0.1) is 34.5 Å². The lowest BCUT2D eigenvalue weighted by Gasteiger charge is -2.29. The summed E-state index contributed by atoms with van der Waals surface area (Å²) in [5.74, 6) is -0.482. The lowest BCUT2D eigenvalue weighted by Crippen LogP contribution is -2.54. The molecule has 1 saturated heterocycles. The van der Waals surface area contributed by atoms with E-state index in [0.717, 1.165) is 4.90 Å². The number of carbonyl (C=O) groups is 2. The average Bonchev–Trinajstić information content (AvgIpc) is 2.70. The molecule has 1 N–H and O–H groups in total. The van der Waals surface area contributed by atoms with Gasteiger partial charge in [0.2, 0.25) is 0 Å². The maximum atomic E-state index is 13.2. The molecule has 0 radical (unpaired) electrons. The van der Waals surface area contributed by atoms with Crippen LogP contribution >= 0.6 is 47.0 Å². The number of ether oxygens (including phenoxy) is 2. The zero-order valence-corrected chi connectivity index (χ0v) is 18.9. The molecular weight excluding hydrogens is 471 g/mol. The van der Waals surface area contributed by atoms with Crippen molar-refractivity contribution in [3.63, 3.8) is 0 Å². The van der Waals surface area contributed by atoms with Crippen LogP contribution in [0.3, 0.4) is 0 Å². The van der Waals surface area contributed by atoms with E-state index in [9.17, 15) is 9.59 Å². The predicted octanol–water partition coefficient (Wildman–Crippen LogP) is 4.89. The van der Waals surface area contributed by atoms with E-state index in [1.54, 1.807) is 30.3 Å². The first-order valence-electron chi connectivity index (χ1n) is 8.64. The molecule has 2 aromatic carbocycles. The minimum atomic E-state index is -0.669. The topological polar surface area (TPSA) is 67.9 Å². The van der Waals surface area contributed by atoms with Gasteiger partial charge in [0.15, 0.2) is 16.6 Å². The van der Waals surface area contributed by atoms with E-state index in [1.165, 1.54) is 13.2 Å². The number of methoxy groups -OCH3 is 1. The molecule has 0 aliphatic carbocycles. The minimum Gasteiger partial charge on any atom is -0.493 e. The molecule has 30 heavy (non-hydrogen) atoms. The van der Waals surface area contributed by atoms with Crippen molar-refractivity contribution in [2.24, 2.45) is 0 Å². The van der Waals surface area contributed by atoms with Crippen molar-refractivity contribution >= 4 is 75.7 Å². The normalized spacial score (nSPS) is 15.4. The van der Waals surface area contributed by atoms with E-state index in [-0.39, 0.29) is 31.4 Å². The Labute approximate surface area is 193 Å². The van der Waals surface area contributed by atoms with Gasteiger partial charge in [0, 0.05) is 6.07 Å². The van der Waals surface area contributed by atoms with Crippen molar-refractivity contribution in [3.05, 3.63) is 56.5 Å². The molecule has 2 aromatic rings. The number of anilines is 1. The molecule has 0 bridgehead atoms. The van der Waals surface area contributed by atoms with Gasteiger partial charge in [-0.1, -0.05) is 40.9 Å². The second-order valence-electron chi connectivity index (χ2n) is 5.99. The van der Waals surface area contributed by atoms with E-state index < -0.39 is 11.8 Å². The summed E-state index contributed by atoms with van der Waals surface area (Å²) in [7, 11) is 1.48. The summed E-state index contributed by atoms with van der Waals surface area (Å²) in [6, 6.07) is 7.89. The maximum Gasteiger partial charge on any atom is 0.270 e. The van der Waals surface area contributed by atoms with Crippen molar-refractivity contribution in [1.82, 2.24) is 5.32 Å². The number of thiocarbonyl (C=S) groups is 1. The van der Waals surface area contributed by atoms with Gasteiger partial charge >= 0.3 is 0 Å². The minimum absolute atomic E-state index is 0.109. The Morgan fingerprint density at radius 2 is 1.87 bits per heavy atom. The monoisotopic (exact) mass is 484 g/mol. The first kappa shape index (κ1) is 22.4. The Balaban J connectivity index is 2.09. The van der Waals surface area contributed by atoms with Crippen LogP contribution in [0.25, 0.3) is 6.08 Å². The molecule has 156 valence electrons. The molecule has 0 unspecified atom stereocenters. The number of carbonyl (C=O) groups excluding carboxylic acids is 2. The molecule has 0 aromatic heterocycles. The summed E-state index contributed by atoms with van der Waals surface area (Å²) >= 11 is 23.8. The Morgan fingerprint density at radius 1 is 1.13 bits per heavy atom. The van der Waals surface area contributed by atoms with Gasteiger partial charge in [0.25, 0.3) is 11.8 Å². The van der Waals surface area contributed by atoms with E-state index in [4.69, 9.17) is 56.5 Å². The van der Waals surface area contributed by atoms with E-state index >= 15 is 0 Å². The molecule has 1 heterocycles. The van der Waals surface area contributed by atoms with E-state index in [0.29, 0.717) is 23.7 Å². The first-order valence-corrected chi connectivity index (χ1v) is 10.2. The van der Waals surface area contributed by atoms with Crippen LogP contribution in [0.1, 0.15) is 12.5 Å². The van der Waals surface area contributed by atoms with E-state index in [1.807, 2.05) is 6.92 Å². The number of benzene rings is 2. The third-order valence-electron chi connectivity index (χ3n) is 4.16. The third-order valence-corrected chi connectivity index (χ3v) is 5.58. The smallest absolute Gasteiger partial charge is 0.270 e. The van der Waals surface area contributed by atoms with Gasteiger partial charge in [-0.15, -0.1) is 0 Å². The number of nitrogens with zero attached hydrogens (tertiary/aromatic N) is 1. The van der Waals surface area contributed by atoms with Crippen LogP contribution < -0.4 is 19.7 Å². The molecule has 0 spiro atoms. The van der Waals surface area contributed by atoms with Crippen molar-refractivity contribution in [3.8, 4) is 11.5 Å². The number of rotatable bonds is 5. The summed E-state index contributed by atoms with van der Waals surface area (Å²) in [6.07, 6.45) is 1.36. The van der Waals surface area contributed by atoms with Gasteiger partial charge in [-0.2, -0.15) is 0 Å². The van der Waals surface area contributed by atoms with Crippen LogP contribution in [0.4, 0.5) is 5.69 Å². The second kappa shape index (κ2) is 9.22. The van der Waals surface area contributed by atoms with Crippen LogP contribution in [0.15, 0.2) is 35.9 Å². The fraction of sp³-hybridized carbons (Fsp3) is 0.150. The zero-order chi connectivity index (χ0) is 22.0. The third kappa shape index (κ3) is 4.25. The first-order chi connectivity index (χ1) is 14.3. The molecule has 2 amide bonds. The van der Waals surface area contributed by atoms with Crippen LogP contribution in [-0.4, -0.2) is 30.6 Å². The number of nitrogens with one attached hydrogen (secondary N) is 1. The molecule has 1 fully saturated rings. The van der Waals surface area contributed by atoms with Gasteiger partial charge in [-0.25, -0.2) is 0 Å². The average molecular weight is 486 g/mol. The fourth-order valence-corrected chi connectivity index (χ4v) is 3.65. The summed E-state index contributed by atoms with van der Waals surface area (Å²) in [5, 5.41) is 3.02. The highest BCUT2D eigenvalue weighted by molar-refractivity contribution is 7.80. The zero-order valence-electron chi connectivity index (χ0n) is 15.8. The molecule has 10 heteroatoms. The van der Waals surface area contributed by atoms with Gasteiger partial charge in [0.1, 0.15) is 5.57 Å². The molecule has 0 atom stereocenters. The summed E-state index contributed by atoms with van der Waals surface area (Å²) < 4.78 is 10.8. The molecule has 6 nitrogen and oxygen atoms in total. The quantitative estimate of drug-likeness (QED) is 0.371. The number of amides is 2. The number of halogens is 3. The molecule has 3 rings (SSSR count). The highest BCUT2D eigenvalue weighted by Crippen LogP contribution is 2.36. The number of hydrogen-bond donors (Lipinski definition) is 1. The second-order valence-corrected chi connectivity index (χ2v) is 7.57. The Bertz CT molecular complexity index is 1090. The highest BCUT2D eigenvalue weighted by atomic mass is 35.5. The molecule has 0 saturated carbocycles. The lowest BCUT2D eigenvalue weighted by atomic mass is 10.1. The summed E-state index contributed by atoms with van der Waals surface area (Å²) in [6.45, 7) is 2.21. The Hall–Kier alpha value is -2.32. The Kier molecular flexibility index (Phi) is 6.88. The largest absolute Gasteiger partial charge is 0.493 e. The van der Waals surface area contributed by atoms with Crippen molar-refractivity contribution in [2.75, 3.05) is 18.6 Å². The van der Waals surface area contributed by atoms with Crippen LogP contribution in [0, 0.1) is 0 Å². The van der Waals surface area contributed by atoms with Gasteiger partial charge in [-0.05, 0) is 49.0 Å². The summed E-state index contributed by atoms with van der Waals surface area (Å²) in [5.41, 5.74) is 0.458. The van der Waals surface area contributed by atoms with Crippen molar-refractivity contribution < 1.29 is 19.1 Å². The highest BCUT2D eigenvalue weighted by Gasteiger charge is 2.36. The van der Waals surface area contributed by atoms with Crippen LogP contribution in [0.2, 0.25) is 15.1 Å².